The van der Waals surface area contributed by atoms with E-state index in [1.54, 1.807) is 24.3 Å². The first-order valence-corrected chi connectivity index (χ1v) is 9.60. The fourth-order valence-electron chi connectivity index (χ4n) is 3.22. The number of benzene rings is 3. The standard InChI is InChI=1S/C24H16FN5O/c25-18-8-6-16(7-9-18)23-29-20-11-10-19(12-21(20)30-23)28-24(31)17-13-26-22(27-14-17)15-4-2-1-3-5-15/h1-14H,(H,28,31)(H,29,30). The first kappa shape index (κ1) is 18.6. The molecule has 0 radical (unpaired) electrons. The molecule has 5 aromatic rings. The summed E-state index contributed by atoms with van der Waals surface area (Å²) in [6.45, 7) is 0. The molecule has 150 valence electrons. The third kappa shape index (κ3) is 3.89. The number of hydrogen-bond acceptors (Lipinski definition) is 4. The molecule has 6 nitrogen and oxygen atoms in total. The van der Waals surface area contributed by atoms with Crippen LogP contribution in [0.3, 0.4) is 0 Å². The maximum atomic E-state index is 13.2. The van der Waals surface area contributed by atoms with Gasteiger partial charge in [-0.25, -0.2) is 19.3 Å². The van der Waals surface area contributed by atoms with Gasteiger partial charge in [0.05, 0.1) is 16.6 Å². The molecule has 7 heteroatoms. The van der Waals surface area contributed by atoms with Crippen LogP contribution >= 0.6 is 0 Å². The molecular weight excluding hydrogens is 393 g/mol. The number of halogens is 1. The summed E-state index contributed by atoms with van der Waals surface area (Å²) >= 11 is 0. The highest BCUT2D eigenvalue weighted by Gasteiger charge is 2.11. The Kier molecular flexibility index (Phi) is 4.68. The molecule has 0 aliphatic carbocycles. The van der Waals surface area contributed by atoms with E-state index < -0.39 is 0 Å². The molecular formula is C24H16FN5O. The summed E-state index contributed by atoms with van der Waals surface area (Å²) < 4.78 is 13.2. The van der Waals surface area contributed by atoms with Gasteiger partial charge in [0.15, 0.2) is 5.82 Å². The first-order chi connectivity index (χ1) is 15.2. The minimum absolute atomic E-state index is 0.300. The van der Waals surface area contributed by atoms with Crippen LogP contribution in [-0.2, 0) is 0 Å². The van der Waals surface area contributed by atoms with Crippen molar-refractivity contribution in [2.45, 2.75) is 0 Å². The Hall–Kier alpha value is -4.39. The highest BCUT2D eigenvalue weighted by atomic mass is 19.1. The van der Waals surface area contributed by atoms with Gasteiger partial charge in [-0.2, -0.15) is 0 Å². The Balaban J connectivity index is 1.35. The summed E-state index contributed by atoms with van der Waals surface area (Å²) in [7, 11) is 0. The minimum Gasteiger partial charge on any atom is -0.338 e. The lowest BCUT2D eigenvalue weighted by molar-refractivity contribution is 0.102. The average molecular weight is 409 g/mol. The predicted molar refractivity (Wildman–Crippen MR) is 117 cm³/mol. The first-order valence-electron chi connectivity index (χ1n) is 9.60. The Bertz CT molecular complexity index is 1360. The van der Waals surface area contributed by atoms with Gasteiger partial charge in [-0.1, -0.05) is 30.3 Å². The lowest BCUT2D eigenvalue weighted by Crippen LogP contribution is -2.12. The van der Waals surface area contributed by atoms with E-state index in [2.05, 4.69) is 25.3 Å². The Morgan fingerprint density at radius 2 is 1.61 bits per heavy atom. The maximum Gasteiger partial charge on any atom is 0.258 e. The summed E-state index contributed by atoms with van der Waals surface area (Å²) in [5.74, 6) is 0.579. The molecule has 3 aromatic carbocycles. The van der Waals surface area contributed by atoms with Crippen LogP contribution < -0.4 is 5.32 Å². The van der Waals surface area contributed by atoms with Gasteiger partial charge in [0, 0.05) is 29.2 Å². The van der Waals surface area contributed by atoms with Crippen molar-refractivity contribution in [2.75, 3.05) is 5.32 Å². The van der Waals surface area contributed by atoms with E-state index in [-0.39, 0.29) is 11.7 Å². The summed E-state index contributed by atoms with van der Waals surface area (Å²) in [6, 6.07) is 21.0. The van der Waals surface area contributed by atoms with Gasteiger partial charge in [-0.15, -0.1) is 0 Å². The number of anilines is 1. The quantitative estimate of drug-likeness (QED) is 0.434. The molecule has 2 N–H and O–H groups in total. The highest BCUT2D eigenvalue weighted by molar-refractivity contribution is 6.04. The monoisotopic (exact) mass is 409 g/mol. The lowest BCUT2D eigenvalue weighted by Gasteiger charge is -2.05. The molecule has 0 bridgehead atoms. The van der Waals surface area contributed by atoms with Crippen molar-refractivity contribution in [3.63, 3.8) is 0 Å². The molecule has 0 saturated heterocycles. The fourth-order valence-corrected chi connectivity index (χ4v) is 3.22. The largest absolute Gasteiger partial charge is 0.338 e. The zero-order valence-electron chi connectivity index (χ0n) is 16.2. The van der Waals surface area contributed by atoms with Crippen LogP contribution in [-0.4, -0.2) is 25.8 Å². The molecule has 2 aromatic heterocycles. The van der Waals surface area contributed by atoms with Gasteiger partial charge < -0.3 is 10.3 Å². The van der Waals surface area contributed by atoms with Gasteiger partial charge >= 0.3 is 0 Å². The number of H-pyrrole nitrogens is 1. The van der Waals surface area contributed by atoms with Gasteiger partial charge in [0.2, 0.25) is 0 Å². The van der Waals surface area contributed by atoms with E-state index in [0.29, 0.717) is 22.9 Å². The van der Waals surface area contributed by atoms with Crippen molar-refractivity contribution >= 4 is 22.6 Å². The van der Waals surface area contributed by atoms with Crippen LogP contribution in [0.25, 0.3) is 33.8 Å². The third-order valence-corrected chi connectivity index (χ3v) is 4.80. The number of rotatable bonds is 4. The van der Waals surface area contributed by atoms with Crippen LogP contribution in [0.15, 0.2) is 85.2 Å². The normalized spacial score (nSPS) is 10.9. The van der Waals surface area contributed by atoms with E-state index in [9.17, 15) is 9.18 Å². The molecule has 0 aliphatic heterocycles. The fraction of sp³-hybridized carbons (Fsp3) is 0. The number of aromatic amines is 1. The zero-order chi connectivity index (χ0) is 21.2. The van der Waals surface area contributed by atoms with E-state index in [0.717, 1.165) is 22.2 Å². The predicted octanol–water partition coefficient (Wildman–Crippen LogP) is 5.08. The molecule has 31 heavy (non-hydrogen) atoms. The van der Waals surface area contributed by atoms with Crippen LogP contribution in [0.2, 0.25) is 0 Å². The SMILES string of the molecule is O=C(Nc1ccc2nc(-c3ccc(F)cc3)[nH]c2c1)c1cnc(-c2ccccc2)nc1. The Labute approximate surface area is 176 Å². The van der Waals surface area contributed by atoms with Crippen molar-refractivity contribution in [3.8, 4) is 22.8 Å². The molecule has 0 spiro atoms. The van der Waals surface area contributed by atoms with Crippen molar-refractivity contribution in [3.05, 3.63) is 96.6 Å². The molecule has 0 saturated carbocycles. The lowest BCUT2D eigenvalue weighted by atomic mass is 10.2. The topological polar surface area (TPSA) is 83.6 Å². The Morgan fingerprint density at radius 3 is 2.35 bits per heavy atom. The number of nitrogens with one attached hydrogen (secondary N) is 2. The molecule has 5 rings (SSSR count). The second-order valence-corrected chi connectivity index (χ2v) is 6.94. The Morgan fingerprint density at radius 1 is 0.871 bits per heavy atom. The highest BCUT2D eigenvalue weighted by Crippen LogP contribution is 2.23. The van der Waals surface area contributed by atoms with Crippen LogP contribution in [0.1, 0.15) is 10.4 Å². The number of nitrogens with zero attached hydrogens (tertiary/aromatic N) is 3. The number of imidazole rings is 1. The summed E-state index contributed by atoms with van der Waals surface area (Å²) in [4.78, 5) is 28.9. The number of aromatic nitrogens is 4. The zero-order valence-corrected chi connectivity index (χ0v) is 16.2. The van der Waals surface area contributed by atoms with E-state index in [1.807, 2.05) is 36.4 Å². The molecule has 0 aliphatic rings. The van der Waals surface area contributed by atoms with Gasteiger partial charge in [0.1, 0.15) is 11.6 Å². The van der Waals surface area contributed by atoms with Crippen LogP contribution in [0, 0.1) is 5.82 Å². The van der Waals surface area contributed by atoms with Crippen molar-refractivity contribution < 1.29 is 9.18 Å². The number of carbonyl (C=O) groups excluding carboxylic acids is 1. The number of fused-ring (bicyclic) bond motifs is 1. The van der Waals surface area contributed by atoms with E-state index in [4.69, 9.17) is 0 Å². The van der Waals surface area contributed by atoms with Gasteiger partial charge in [-0.05, 0) is 42.5 Å². The van der Waals surface area contributed by atoms with Gasteiger partial charge in [0.25, 0.3) is 5.91 Å². The molecule has 0 atom stereocenters. The summed E-state index contributed by atoms with van der Waals surface area (Å²) in [5, 5.41) is 2.85. The van der Waals surface area contributed by atoms with Crippen LogP contribution in [0.5, 0.6) is 0 Å². The number of amides is 1. The van der Waals surface area contributed by atoms with E-state index in [1.165, 1.54) is 24.5 Å². The van der Waals surface area contributed by atoms with Crippen LogP contribution in [0.4, 0.5) is 10.1 Å². The average Bonchev–Trinajstić information content (AvgIpc) is 3.23. The molecule has 0 fully saturated rings. The van der Waals surface area contributed by atoms with Gasteiger partial charge in [-0.3, -0.25) is 4.79 Å². The number of hydrogen-bond donors (Lipinski definition) is 2. The summed E-state index contributed by atoms with van der Waals surface area (Å²) in [6.07, 6.45) is 3.01. The summed E-state index contributed by atoms with van der Waals surface area (Å²) in [5.41, 5.74) is 4.13. The van der Waals surface area contributed by atoms with Crippen molar-refractivity contribution in [1.82, 2.24) is 19.9 Å². The third-order valence-electron chi connectivity index (χ3n) is 4.80. The second kappa shape index (κ2) is 7.79. The van der Waals surface area contributed by atoms with Crippen molar-refractivity contribution in [2.24, 2.45) is 0 Å². The van der Waals surface area contributed by atoms with E-state index >= 15 is 0 Å². The number of carbonyl (C=O) groups is 1. The smallest absolute Gasteiger partial charge is 0.258 e. The second-order valence-electron chi connectivity index (χ2n) is 6.94. The molecule has 1 amide bonds. The maximum absolute atomic E-state index is 13.2. The molecule has 2 heterocycles. The molecule has 0 unspecified atom stereocenters. The minimum atomic E-state index is -0.308. The van der Waals surface area contributed by atoms with Crippen molar-refractivity contribution in [1.29, 1.82) is 0 Å².